The first kappa shape index (κ1) is 9.48. The molecular weight excluding hydrogens is 154 g/mol. The van der Waals surface area contributed by atoms with Crippen LogP contribution in [0.15, 0.2) is 0 Å². The summed E-state index contributed by atoms with van der Waals surface area (Å²) in [7, 11) is 0. The second-order valence-electron chi connectivity index (χ2n) is 3.48. The lowest BCUT2D eigenvalue weighted by atomic mass is 10.0. The number of primary amides is 1. The Hall–Kier alpha value is -0.610. The maximum absolute atomic E-state index is 10.8. The van der Waals surface area contributed by atoms with Gasteiger partial charge in [0.05, 0.1) is 6.04 Å². The first-order valence-electron chi connectivity index (χ1n) is 4.40. The second kappa shape index (κ2) is 3.87. The molecule has 4 nitrogen and oxygen atoms in total. The highest BCUT2D eigenvalue weighted by Gasteiger charge is 2.23. The summed E-state index contributed by atoms with van der Waals surface area (Å²) >= 11 is 0. The molecule has 4 N–H and O–H groups in total. The fourth-order valence-electron chi connectivity index (χ4n) is 1.57. The number of nitrogens with zero attached hydrogens (tertiary/aromatic N) is 1. The Kier molecular flexibility index (Phi) is 3.05. The van der Waals surface area contributed by atoms with Crippen molar-refractivity contribution < 1.29 is 4.79 Å². The standard InChI is InChI=1S/C8H17N3O/c1-6(8(10)12)11-4-2-3-7(9)5-11/h6-7H,2-5,9H2,1H3,(H2,10,12)/t6?,7-/m1/s1. The smallest absolute Gasteiger partial charge is 0.234 e. The molecule has 0 aromatic rings. The summed E-state index contributed by atoms with van der Waals surface area (Å²) in [6.45, 7) is 3.57. The minimum atomic E-state index is -0.260. The summed E-state index contributed by atoms with van der Waals surface area (Å²) < 4.78 is 0. The first-order valence-corrected chi connectivity index (χ1v) is 4.40. The zero-order valence-corrected chi connectivity index (χ0v) is 7.49. The van der Waals surface area contributed by atoms with Gasteiger partial charge in [-0.25, -0.2) is 0 Å². The molecule has 0 aliphatic carbocycles. The van der Waals surface area contributed by atoms with Gasteiger partial charge in [0.25, 0.3) is 0 Å². The van der Waals surface area contributed by atoms with E-state index in [9.17, 15) is 4.79 Å². The van der Waals surface area contributed by atoms with Crippen LogP contribution in [0.5, 0.6) is 0 Å². The average molecular weight is 171 g/mol. The monoisotopic (exact) mass is 171 g/mol. The lowest BCUT2D eigenvalue weighted by Gasteiger charge is -2.33. The third-order valence-electron chi connectivity index (χ3n) is 2.45. The van der Waals surface area contributed by atoms with Gasteiger partial charge in [-0.1, -0.05) is 0 Å². The first-order chi connectivity index (χ1) is 5.61. The van der Waals surface area contributed by atoms with Crippen molar-refractivity contribution in [1.29, 1.82) is 0 Å². The SMILES string of the molecule is CC(C(N)=O)N1CCC[C@@H](N)C1. The Morgan fingerprint density at radius 2 is 2.33 bits per heavy atom. The molecule has 1 aliphatic rings. The Morgan fingerprint density at radius 3 is 2.83 bits per heavy atom. The Balaban J connectivity index is 2.45. The topological polar surface area (TPSA) is 72.4 Å². The Morgan fingerprint density at radius 1 is 1.67 bits per heavy atom. The number of piperidine rings is 1. The van der Waals surface area contributed by atoms with E-state index in [1.807, 2.05) is 6.92 Å². The van der Waals surface area contributed by atoms with Gasteiger partial charge in [0.2, 0.25) is 5.91 Å². The molecule has 2 atom stereocenters. The number of carbonyl (C=O) groups is 1. The van der Waals surface area contributed by atoms with Crippen LogP contribution in [-0.4, -0.2) is 36.0 Å². The van der Waals surface area contributed by atoms with Crippen molar-refractivity contribution in [2.45, 2.75) is 31.8 Å². The molecule has 1 saturated heterocycles. The van der Waals surface area contributed by atoms with E-state index in [2.05, 4.69) is 4.90 Å². The third kappa shape index (κ3) is 2.19. The number of nitrogens with two attached hydrogens (primary N) is 2. The van der Waals surface area contributed by atoms with E-state index in [0.717, 1.165) is 25.9 Å². The van der Waals surface area contributed by atoms with Crippen LogP contribution in [0.4, 0.5) is 0 Å². The molecule has 0 spiro atoms. The van der Waals surface area contributed by atoms with E-state index in [4.69, 9.17) is 11.5 Å². The van der Waals surface area contributed by atoms with Crippen molar-refractivity contribution in [1.82, 2.24) is 4.90 Å². The predicted octanol–water partition coefficient (Wildman–Crippen LogP) is -0.717. The van der Waals surface area contributed by atoms with Crippen molar-refractivity contribution in [2.24, 2.45) is 11.5 Å². The summed E-state index contributed by atoms with van der Waals surface area (Å²) in [6, 6.07) is 0.0388. The zero-order valence-electron chi connectivity index (χ0n) is 7.49. The molecule has 0 aromatic carbocycles. The summed E-state index contributed by atoms with van der Waals surface area (Å²) in [5.41, 5.74) is 11.0. The molecule has 1 aliphatic heterocycles. The van der Waals surface area contributed by atoms with Crippen LogP contribution in [0.1, 0.15) is 19.8 Å². The molecule has 70 valence electrons. The summed E-state index contributed by atoms with van der Waals surface area (Å²) in [5.74, 6) is -0.260. The van der Waals surface area contributed by atoms with Gasteiger partial charge in [0, 0.05) is 12.6 Å². The van der Waals surface area contributed by atoms with Crippen LogP contribution < -0.4 is 11.5 Å². The molecule has 1 rings (SSSR count). The maximum Gasteiger partial charge on any atom is 0.234 e. The van der Waals surface area contributed by atoms with Gasteiger partial charge in [-0.3, -0.25) is 9.69 Å². The summed E-state index contributed by atoms with van der Waals surface area (Å²) in [4.78, 5) is 12.9. The molecule has 12 heavy (non-hydrogen) atoms. The molecule has 1 fully saturated rings. The van der Waals surface area contributed by atoms with Gasteiger partial charge in [0.15, 0.2) is 0 Å². The fraction of sp³-hybridized carbons (Fsp3) is 0.875. The molecule has 0 radical (unpaired) electrons. The molecule has 4 heteroatoms. The predicted molar refractivity (Wildman–Crippen MR) is 47.4 cm³/mol. The zero-order chi connectivity index (χ0) is 9.14. The molecular formula is C8H17N3O. The van der Waals surface area contributed by atoms with Gasteiger partial charge in [-0.2, -0.15) is 0 Å². The fourth-order valence-corrected chi connectivity index (χ4v) is 1.57. The van der Waals surface area contributed by atoms with Crippen molar-refractivity contribution >= 4 is 5.91 Å². The van der Waals surface area contributed by atoms with Crippen LogP contribution in [0.25, 0.3) is 0 Å². The largest absolute Gasteiger partial charge is 0.368 e. The Labute approximate surface area is 72.9 Å². The van der Waals surface area contributed by atoms with Gasteiger partial charge in [-0.05, 0) is 26.3 Å². The normalized spacial score (nSPS) is 28.3. The highest BCUT2D eigenvalue weighted by molar-refractivity contribution is 5.79. The van der Waals surface area contributed by atoms with Crippen molar-refractivity contribution in [3.63, 3.8) is 0 Å². The van der Waals surface area contributed by atoms with Crippen molar-refractivity contribution in [2.75, 3.05) is 13.1 Å². The van der Waals surface area contributed by atoms with Crippen LogP contribution >= 0.6 is 0 Å². The number of rotatable bonds is 2. The molecule has 0 aromatic heterocycles. The number of likely N-dealkylation sites (tertiary alicyclic amines) is 1. The van der Waals surface area contributed by atoms with Crippen molar-refractivity contribution in [3.8, 4) is 0 Å². The number of amides is 1. The lowest BCUT2D eigenvalue weighted by Crippen LogP contribution is -2.51. The maximum atomic E-state index is 10.8. The Bertz CT molecular complexity index is 172. The summed E-state index contributed by atoms with van der Waals surface area (Å²) in [5, 5.41) is 0. The average Bonchev–Trinajstić information content (AvgIpc) is 2.03. The van der Waals surface area contributed by atoms with E-state index in [0.29, 0.717) is 0 Å². The van der Waals surface area contributed by atoms with Crippen LogP contribution in [0, 0.1) is 0 Å². The van der Waals surface area contributed by atoms with E-state index < -0.39 is 0 Å². The van der Waals surface area contributed by atoms with Crippen LogP contribution in [0.2, 0.25) is 0 Å². The van der Waals surface area contributed by atoms with Crippen molar-refractivity contribution in [3.05, 3.63) is 0 Å². The van der Waals surface area contributed by atoms with Gasteiger partial charge in [0.1, 0.15) is 0 Å². The highest BCUT2D eigenvalue weighted by Crippen LogP contribution is 2.10. The van der Waals surface area contributed by atoms with Gasteiger partial charge in [-0.15, -0.1) is 0 Å². The highest BCUT2D eigenvalue weighted by atomic mass is 16.1. The minimum Gasteiger partial charge on any atom is -0.368 e. The molecule has 1 amide bonds. The number of carbonyl (C=O) groups excluding carboxylic acids is 1. The molecule has 1 unspecified atom stereocenters. The van der Waals surface area contributed by atoms with Crippen LogP contribution in [-0.2, 0) is 4.79 Å². The van der Waals surface area contributed by atoms with E-state index in [1.54, 1.807) is 0 Å². The minimum absolute atomic E-state index is 0.170. The number of hydrogen-bond donors (Lipinski definition) is 2. The molecule has 0 bridgehead atoms. The second-order valence-corrected chi connectivity index (χ2v) is 3.48. The van der Waals surface area contributed by atoms with Crippen LogP contribution in [0.3, 0.4) is 0 Å². The molecule has 0 saturated carbocycles. The van der Waals surface area contributed by atoms with E-state index in [-0.39, 0.29) is 18.0 Å². The van der Waals surface area contributed by atoms with Gasteiger partial charge < -0.3 is 11.5 Å². The lowest BCUT2D eigenvalue weighted by molar-refractivity contribution is -0.123. The quantitative estimate of drug-likeness (QED) is 0.576. The molecule has 1 heterocycles. The van der Waals surface area contributed by atoms with Gasteiger partial charge >= 0.3 is 0 Å². The number of hydrogen-bond acceptors (Lipinski definition) is 3. The summed E-state index contributed by atoms with van der Waals surface area (Å²) in [6.07, 6.45) is 2.13. The third-order valence-corrected chi connectivity index (χ3v) is 2.45. The van der Waals surface area contributed by atoms with E-state index in [1.165, 1.54) is 0 Å². The van der Waals surface area contributed by atoms with E-state index >= 15 is 0 Å².